The minimum Gasteiger partial charge on any atom is -0.381 e. The smallest absolute Gasteiger partial charge is 0.243 e. The van der Waals surface area contributed by atoms with E-state index in [4.69, 9.17) is 4.74 Å². The van der Waals surface area contributed by atoms with Gasteiger partial charge in [0.05, 0.1) is 12.6 Å². The van der Waals surface area contributed by atoms with Crippen molar-refractivity contribution < 1.29 is 19.1 Å². The Morgan fingerprint density at radius 2 is 1.82 bits per heavy atom. The maximum Gasteiger partial charge on any atom is 0.243 e. The molecule has 1 aromatic carbocycles. The lowest BCUT2D eigenvalue weighted by atomic mass is 9.98. The van der Waals surface area contributed by atoms with E-state index < -0.39 is 12.1 Å². The standard InChI is InChI=1S/C28H40N6O4/c1-19(2)25-26-29-20(3)32-34(26)15-14-33(28(37)22-11-16-38-17-12-22)13-7-10-24(35)30-23(27(36)31-25)18-21-8-5-4-6-9-21/h4-6,8-9,19,22-23,25H,7,10-18H2,1-3H3,(H,30,35)(H,31,36)/t23-,25+/m0/s1. The van der Waals surface area contributed by atoms with Gasteiger partial charge in [-0.15, -0.1) is 0 Å². The van der Waals surface area contributed by atoms with Crippen molar-refractivity contribution in [3.05, 3.63) is 47.5 Å². The first-order valence-corrected chi connectivity index (χ1v) is 13.7. The Balaban J connectivity index is 1.62. The summed E-state index contributed by atoms with van der Waals surface area (Å²) in [6, 6.07) is 8.53. The lowest BCUT2D eigenvalue weighted by Gasteiger charge is -2.30. The first kappa shape index (κ1) is 27.8. The molecule has 1 aromatic heterocycles. The van der Waals surface area contributed by atoms with E-state index >= 15 is 0 Å². The van der Waals surface area contributed by atoms with Gasteiger partial charge < -0.3 is 20.3 Å². The van der Waals surface area contributed by atoms with E-state index in [1.165, 1.54) is 0 Å². The second-order valence-electron chi connectivity index (χ2n) is 10.6. The van der Waals surface area contributed by atoms with Gasteiger partial charge in [-0.3, -0.25) is 14.4 Å². The normalized spacial score (nSPS) is 22.4. The van der Waals surface area contributed by atoms with Gasteiger partial charge in [0.25, 0.3) is 0 Å². The van der Waals surface area contributed by atoms with Crippen LogP contribution in [0.25, 0.3) is 0 Å². The number of aromatic nitrogens is 3. The van der Waals surface area contributed by atoms with Crippen molar-refractivity contribution in [3.63, 3.8) is 0 Å². The van der Waals surface area contributed by atoms with E-state index in [-0.39, 0.29) is 36.0 Å². The van der Waals surface area contributed by atoms with E-state index in [1.54, 1.807) is 0 Å². The molecule has 1 fully saturated rings. The summed E-state index contributed by atoms with van der Waals surface area (Å²) in [4.78, 5) is 46.5. The van der Waals surface area contributed by atoms with E-state index in [9.17, 15) is 14.4 Å². The van der Waals surface area contributed by atoms with Gasteiger partial charge in [-0.2, -0.15) is 5.10 Å². The fourth-order valence-corrected chi connectivity index (χ4v) is 5.16. The van der Waals surface area contributed by atoms with E-state index in [0.717, 1.165) is 5.56 Å². The molecule has 0 bridgehead atoms. The summed E-state index contributed by atoms with van der Waals surface area (Å²) in [5.74, 6) is 0.897. The molecule has 3 heterocycles. The van der Waals surface area contributed by atoms with Crippen LogP contribution >= 0.6 is 0 Å². The molecule has 2 aliphatic rings. The molecule has 0 aliphatic carbocycles. The van der Waals surface area contributed by atoms with Gasteiger partial charge in [-0.25, -0.2) is 9.67 Å². The third-order valence-corrected chi connectivity index (χ3v) is 7.28. The minimum absolute atomic E-state index is 0.0299. The van der Waals surface area contributed by atoms with Gasteiger partial charge in [-0.1, -0.05) is 44.2 Å². The van der Waals surface area contributed by atoms with Gasteiger partial charge in [0.1, 0.15) is 17.7 Å². The number of carbonyl (C=O) groups excluding carboxylic acids is 3. The molecule has 2 N–H and O–H groups in total. The number of fused-ring (bicyclic) bond motifs is 1. The van der Waals surface area contributed by atoms with Crippen LogP contribution < -0.4 is 10.6 Å². The van der Waals surface area contributed by atoms with Crippen molar-refractivity contribution in [3.8, 4) is 0 Å². The third kappa shape index (κ3) is 7.18. The Morgan fingerprint density at radius 3 is 2.53 bits per heavy atom. The summed E-state index contributed by atoms with van der Waals surface area (Å²) in [6.07, 6.45) is 2.55. The lowest BCUT2D eigenvalue weighted by molar-refractivity contribution is -0.139. The van der Waals surface area contributed by atoms with Gasteiger partial charge in [0.15, 0.2) is 0 Å². The van der Waals surface area contributed by atoms with Crippen LogP contribution in [0, 0.1) is 18.8 Å². The van der Waals surface area contributed by atoms with Crippen molar-refractivity contribution in [1.82, 2.24) is 30.3 Å². The number of nitrogens with zero attached hydrogens (tertiary/aromatic N) is 4. The summed E-state index contributed by atoms with van der Waals surface area (Å²) in [5.41, 5.74) is 0.961. The van der Waals surface area contributed by atoms with Crippen LogP contribution in [0.2, 0.25) is 0 Å². The maximum absolute atomic E-state index is 13.5. The van der Waals surface area contributed by atoms with E-state index in [2.05, 4.69) is 20.7 Å². The molecule has 38 heavy (non-hydrogen) atoms. The molecule has 0 unspecified atom stereocenters. The first-order chi connectivity index (χ1) is 18.3. The van der Waals surface area contributed by atoms with Crippen LogP contribution in [-0.4, -0.2) is 69.7 Å². The maximum atomic E-state index is 13.5. The zero-order valence-electron chi connectivity index (χ0n) is 22.7. The first-order valence-electron chi connectivity index (χ1n) is 13.7. The highest BCUT2D eigenvalue weighted by molar-refractivity contribution is 5.88. The minimum atomic E-state index is -0.730. The summed E-state index contributed by atoms with van der Waals surface area (Å²) >= 11 is 0. The third-order valence-electron chi connectivity index (χ3n) is 7.28. The van der Waals surface area contributed by atoms with Crippen LogP contribution in [0.15, 0.2) is 30.3 Å². The quantitative estimate of drug-likeness (QED) is 0.633. The largest absolute Gasteiger partial charge is 0.381 e. The molecule has 10 nitrogen and oxygen atoms in total. The molecule has 0 radical (unpaired) electrons. The monoisotopic (exact) mass is 524 g/mol. The SMILES string of the molecule is Cc1nc2n(n1)CCN(C(=O)C1CCOCC1)CCCC(=O)N[C@@H](Cc1ccccc1)C(=O)N[C@@H]2C(C)C. The average molecular weight is 525 g/mol. The molecule has 2 aliphatic heterocycles. The Kier molecular flexibility index (Phi) is 9.49. The second-order valence-corrected chi connectivity index (χ2v) is 10.6. The Labute approximate surface area is 224 Å². The fraction of sp³-hybridized carbons (Fsp3) is 0.607. The molecule has 3 amide bonds. The number of aryl methyl sites for hydroxylation is 1. The van der Waals surface area contributed by atoms with Crippen molar-refractivity contribution in [2.75, 3.05) is 26.3 Å². The van der Waals surface area contributed by atoms with Crippen molar-refractivity contribution in [2.45, 2.75) is 71.5 Å². The molecule has 2 atom stereocenters. The number of amides is 3. The van der Waals surface area contributed by atoms with E-state index in [0.29, 0.717) is 70.2 Å². The Bertz CT molecular complexity index is 1100. The van der Waals surface area contributed by atoms with Gasteiger partial charge in [-0.05, 0) is 37.7 Å². The summed E-state index contributed by atoms with van der Waals surface area (Å²) in [5, 5.41) is 10.7. The molecular formula is C28H40N6O4. The van der Waals surface area contributed by atoms with Crippen LogP contribution in [0.1, 0.15) is 62.8 Å². The highest BCUT2D eigenvalue weighted by Crippen LogP contribution is 2.22. The Hall–Kier alpha value is -3.27. The molecule has 0 spiro atoms. The van der Waals surface area contributed by atoms with Gasteiger partial charge in [0.2, 0.25) is 17.7 Å². The number of ether oxygens (including phenoxy) is 1. The van der Waals surface area contributed by atoms with Crippen LogP contribution in [0.3, 0.4) is 0 Å². The summed E-state index contributed by atoms with van der Waals surface area (Å²) < 4.78 is 7.27. The zero-order valence-corrected chi connectivity index (χ0v) is 22.7. The molecule has 1 saturated heterocycles. The number of hydrogen-bond acceptors (Lipinski definition) is 6. The van der Waals surface area contributed by atoms with Crippen LogP contribution in [0.5, 0.6) is 0 Å². The predicted molar refractivity (Wildman–Crippen MR) is 142 cm³/mol. The van der Waals surface area contributed by atoms with Gasteiger partial charge in [0, 0.05) is 45.1 Å². The second kappa shape index (κ2) is 13.0. The van der Waals surface area contributed by atoms with Crippen LogP contribution in [-0.2, 0) is 32.1 Å². The molecule has 10 heteroatoms. The van der Waals surface area contributed by atoms with Crippen molar-refractivity contribution in [1.29, 1.82) is 0 Å². The number of nitrogens with one attached hydrogen (secondary N) is 2. The summed E-state index contributed by atoms with van der Waals surface area (Å²) in [7, 11) is 0. The topological polar surface area (TPSA) is 118 Å². The number of hydrogen-bond donors (Lipinski definition) is 2. The van der Waals surface area contributed by atoms with Crippen LogP contribution in [0.4, 0.5) is 0 Å². The molecule has 206 valence electrons. The Morgan fingerprint density at radius 1 is 1.08 bits per heavy atom. The zero-order chi connectivity index (χ0) is 27.1. The number of benzene rings is 1. The average Bonchev–Trinajstić information content (AvgIpc) is 3.28. The summed E-state index contributed by atoms with van der Waals surface area (Å²) in [6.45, 7) is 8.46. The highest BCUT2D eigenvalue weighted by Gasteiger charge is 2.31. The fourth-order valence-electron chi connectivity index (χ4n) is 5.16. The predicted octanol–water partition coefficient (Wildman–Crippen LogP) is 2.18. The van der Waals surface area contributed by atoms with Crippen molar-refractivity contribution >= 4 is 17.7 Å². The number of rotatable bonds is 4. The molecular weight excluding hydrogens is 484 g/mol. The van der Waals surface area contributed by atoms with E-state index in [1.807, 2.05) is 60.7 Å². The molecule has 0 saturated carbocycles. The van der Waals surface area contributed by atoms with Gasteiger partial charge >= 0.3 is 0 Å². The highest BCUT2D eigenvalue weighted by atomic mass is 16.5. The molecule has 4 rings (SSSR count). The van der Waals surface area contributed by atoms with Crippen molar-refractivity contribution in [2.24, 2.45) is 11.8 Å². The molecule has 2 aromatic rings. The lowest BCUT2D eigenvalue weighted by Crippen LogP contribution is -2.50. The number of carbonyl (C=O) groups is 3.